The van der Waals surface area contributed by atoms with E-state index in [0.29, 0.717) is 17.9 Å². The van der Waals surface area contributed by atoms with Crippen LogP contribution in [-0.4, -0.2) is 35.9 Å². The van der Waals surface area contributed by atoms with E-state index in [2.05, 4.69) is 0 Å². The Morgan fingerprint density at radius 2 is 1.77 bits per heavy atom. The Kier molecular flexibility index (Phi) is 6.43. The maximum Gasteiger partial charge on any atom is 0.252 e. The summed E-state index contributed by atoms with van der Waals surface area (Å²) in [5, 5.41) is 20.1. The van der Waals surface area contributed by atoms with Gasteiger partial charge in [0.1, 0.15) is 17.2 Å². The number of carbonyl (C=O) groups is 1. The van der Waals surface area contributed by atoms with Crippen LogP contribution >= 0.6 is 0 Å². The fraction of sp³-hybridized carbons (Fsp3) is 0.316. The quantitative estimate of drug-likeness (QED) is 0.566. The Hall–Kier alpha value is -2.77. The molecule has 3 atom stereocenters. The standard InChI is InChI=1S/C19H24N2O5/c1-11(10-26-14-6-4-13(25-2)5-7-14)17(20)18(23)12-3-8-16(22)15(9-12)19(21)24/h3-9,11,17-18,22-23H,10,20H2,1-2H3,(H2,21,24). The van der Waals surface area contributed by atoms with Crippen molar-refractivity contribution >= 4 is 5.91 Å². The van der Waals surface area contributed by atoms with Crippen LogP contribution in [0.1, 0.15) is 28.9 Å². The van der Waals surface area contributed by atoms with E-state index in [1.165, 1.54) is 18.2 Å². The molecule has 2 aromatic rings. The number of primary amides is 1. The van der Waals surface area contributed by atoms with E-state index in [4.69, 9.17) is 20.9 Å². The van der Waals surface area contributed by atoms with Gasteiger partial charge in [0.05, 0.1) is 25.4 Å². The van der Waals surface area contributed by atoms with Crippen LogP contribution in [-0.2, 0) is 0 Å². The number of hydrogen-bond donors (Lipinski definition) is 4. The van der Waals surface area contributed by atoms with Crippen LogP contribution in [0.4, 0.5) is 0 Å². The third-order valence-electron chi connectivity index (χ3n) is 4.22. The minimum atomic E-state index is -1.04. The van der Waals surface area contributed by atoms with Crippen molar-refractivity contribution in [2.75, 3.05) is 13.7 Å². The minimum absolute atomic E-state index is 0.0594. The van der Waals surface area contributed by atoms with Gasteiger partial charge in [0, 0.05) is 12.0 Å². The van der Waals surface area contributed by atoms with Crippen molar-refractivity contribution in [1.82, 2.24) is 0 Å². The van der Waals surface area contributed by atoms with E-state index in [1.807, 2.05) is 6.92 Å². The highest BCUT2D eigenvalue weighted by atomic mass is 16.5. The number of rotatable bonds is 8. The van der Waals surface area contributed by atoms with E-state index in [-0.39, 0.29) is 17.2 Å². The zero-order valence-corrected chi connectivity index (χ0v) is 14.8. The molecule has 26 heavy (non-hydrogen) atoms. The molecule has 1 amide bonds. The third kappa shape index (κ3) is 4.65. The van der Waals surface area contributed by atoms with Crippen molar-refractivity contribution < 1.29 is 24.5 Å². The predicted octanol–water partition coefficient (Wildman–Crippen LogP) is 1.58. The smallest absolute Gasteiger partial charge is 0.252 e. The summed E-state index contributed by atoms with van der Waals surface area (Å²) in [7, 11) is 1.59. The Balaban J connectivity index is 2.01. The molecule has 0 spiro atoms. The van der Waals surface area contributed by atoms with Gasteiger partial charge in [-0.05, 0) is 42.0 Å². The van der Waals surface area contributed by atoms with Crippen LogP contribution in [0.5, 0.6) is 17.2 Å². The molecule has 140 valence electrons. The van der Waals surface area contributed by atoms with Crippen LogP contribution < -0.4 is 20.9 Å². The van der Waals surface area contributed by atoms with Gasteiger partial charge in [-0.2, -0.15) is 0 Å². The molecule has 0 bridgehead atoms. The predicted molar refractivity (Wildman–Crippen MR) is 97.2 cm³/mol. The van der Waals surface area contributed by atoms with Crippen molar-refractivity contribution in [1.29, 1.82) is 0 Å². The van der Waals surface area contributed by atoms with Crippen LogP contribution in [0.25, 0.3) is 0 Å². The fourth-order valence-electron chi connectivity index (χ4n) is 2.48. The summed E-state index contributed by atoms with van der Waals surface area (Å²) in [4.78, 5) is 11.3. The second kappa shape index (κ2) is 8.55. The van der Waals surface area contributed by atoms with Gasteiger partial charge in [-0.25, -0.2) is 0 Å². The first-order valence-electron chi connectivity index (χ1n) is 8.16. The summed E-state index contributed by atoms with van der Waals surface area (Å²) < 4.78 is 10.8. The molecule has 0 aliphatic carbocycles. The van der Waals surface area contributed by atoms with Crippen molar-refractivity contribution in [3.05, 3.63) is 53.6 Å². The molecular weight excluding hydrogens is 336 g/mol. The molecule has 0 radical (unpaired) electrons. The van der Waals surface area contributed by atoms with Crippen LogP contribution in [0.2, 0.25) is 0 Å². The largest absolute Gasteiger partial charge is 0.507 e. The topological polar surface area (TPSA) is 128 Å². The number of methoxy groups -OCH3 is 1. The number of aliphatic hydroxyl groups excluding tert-OH is 1. The molecule has 2 aromatic carbocycles. The second-order valence-electron chi connectivity index (χ2n) is 6.13. The Bertz CT molecular complexity index is 748. The number of carbonyl (C=O) groups excluding carboxylic acids is 1. The molecule has 3 unspecified atom stereocenters. The van der Waals surface area contributed by atoms with Crippen molar-refractivity contribution in [3.63, 3.8) is 0 Å². The van der Waals surface area contributed by atoms with E-state index in [0.717, 1.165) is 5.75 Å². The molecule has 0 heterocycles. The minimum Gasteiger partial charge on any atom is -0.507 e. The number of nitrogens with two attached hydrogens (primary N) is 2. The SMILES string of the molecule is COc1ccc(OCC(C)C(N)C(O)c2ccc(O)c(C(N)=O)c2)cc1. The molecule has 0 aliphatic heterocycles. The zero-order chi connectivity index (χ0) is 19.3. The molecule has 2 rings (SSSR count). The summed E-state index contributed by atoms with van der Waals surface area (Å²) in [5.41, 5.74) is 11.7. The fourth-order valence-corrected chi connectivity index (χ4v) is 2.48. The van der Waals surface area contributed by atoms with Crippen molar-refractivity contribution in [2.45, 2.75) is 19.1 Å². The number of benzene rings is 2. The Morgan fingerprint density at radius 1 is 1.15 bits per heavy atom. The number of ether oxygens (including phenoxy) is 2. The average molecular weight is 360 g/mol. The van der Waals surface area contributed by atoms with Gasteiger partial charge in [0.15, 0.2) is 0 Å². The first kappa shape index (κ1) is 19.6. The van der Waals surface area contributed by atoms with Gasteiger partial charge < -0.3 is 31.2 Å². The van der Waals surface area contributed by atoms with E-state index in [9.17, 15) is 15.0 Å². The van der Waals surface area contributed by atoms with Crippen LogP contribution in [0.3, 0.4) is 0 Å². The lowest BCUT2D eigenvalue weighted by Crippen LogP contribution is -2.37. The first-order valence-corrected chi connectivity index (χ1v) is 8.16. The highest BCUT2D eigenvalue weighted by molar-refractivity contribution is 5.95. The van der Waals surface area contributed by atoms with Gasteiger partial charge >= 0.3 is 0 Å². The summed E-state index contributed by atoms with van der Waals surface area (Å²) in [6, 6.07) is 10.7. The van der Waals surface area contributed by atoms with Gasteiger partial charge in [0.2, 0.25) is 0 Å². The van der Waals surface area contributed by atoms with Crippen LogP contribution in [0.15, 0.2) is 42.5 Å². The molecule has 0 aliphatic rings. The maximum absolute atomic E-state index is 11.3. The number of amides is 1. The lowest BCUT2D eigenvalue weighted by Gasteiger charge is -2.25. The summed E-state index contributed by atoms with van der Waals surface area (Å²) >= 11 is 0. The normalized spacial score (nSPS) is 14.3. The second-order valence-corrected chi connectivity index (χ2v) is 6.13. The molecule has 0 aromatic heterocycles. The number of aromatic hydroxyl groups is 1. The third-order valence-corrected chi connectivity index (χ3v) is 4.22. The zero-order valence-electron chi connectivity index (χ0n) is 14.8. The van der Waals surface area contributed by atoms with E-state index >= 15 is 0 Å². The highest BCUT2D eigenvalue weighted by Crippen LogP contribution is 2.26. The lowest BCUT2D eigenvalue weighted by atomic mass is 9.92. The number of aliphatic hydroxyl groups is 1. The van der Waals surface area contributed by atoms with Gasteiger partial charge in [-0.1, -0.05) is 13.0 Å². The molecular formula is C19H24N2O5. The summed E-state index contributed by atoms with van der Waals surface area (Å²) in [5.74, 6) is 0.201. The van der Waals surface area contributed by atoms with Crippen molar-refractivity contribution in [3.8, 4) is 17.2 Å². The maximum atomic E-state index is 11.3. The van der Waals surface area contributed by atoms with E-state index in [1.54, 1.807) is 31.4 Å². The Labute approximate surface area is 152 Å². The van der Waals surface area contributed by atoms with Gasteiger partial charge in [-0.3, -0.25) is 4.79 Å². The van der Waals surface area contributed by atoms with E-state index < -0.39 is 18.1 Å². The first-order chi connectivity index (χ1) is 12.3. The summed E-state index contributed by atoms with van der Waals surface area (Å²) in [6.45, 7) is 2.15. The van der Waals surface area contributed by atoms with Gasteiger partial charge in [0.25, 0.3) is 5.91 Å². The molecule has 7 heteroatoms. The molecule has 0 fully saturated rings. The molecule has 6 N–H and O–H groups in total. The van der Waals surface area contributed by atoms with Crippen molar-refractivity contribution in [2.24, 2.45) is 17.4 Å². The number of hydrogen-bond acceptors (Lipinski definition) is 6. The molecule has 0 saturated heterocycles. The van der Waals surface area contributed by atoms with Gasteiger partial charge in [-0.15, -0.1) is 0 Å². The Morgan fingerprint density at radius 3 is 2.35 bits per heavy atom. The average Bonchev–Trinajstić information content (AvgIpc) is 2.65. The summed E-state index contributed by atoms with van der Waals surface area (Å²) in [6.07, 6.45) is -1.04. The monoisotopic (exact) mass is 360 g/mol. The highest BCUT2D eigenvalue weighted by Gasteiger charge is 2.24. The molecule has 0 saturated carbocycles. The lowest BCUT2D eigenvalue weighted by molar-refractivity contribution is 0.0989. The molecule has 7 nitrogen and oxygen atoms in total. The number of phenols is 1. The van der Waals surface area contributed by atoms with Crippen LogP contribution in [0, 0.1) is 5.92 Å².